The van der Waals surface area contributed by atoms with Gasteiger partial charge in [-0.2, -0.15) is 0 Å². The zero-order valence-electron chi connectivity index (χ0n) is 10.3. The number of halogens is 1. The molecule has 2 aromatic carbocycles. The van der Waals surface area contributed by atoms with Crippen molar-refractivity contribution >= 4 is 17.6 Å². The van der Waals surface area contributed by atoms with Crippen LogP contribution in [0.15, 0.2) is 48.5 Å². The first-order chi connectivity index (χ1) is 9.08. The summed E-state index contributed by atoms with van der Waals surface area (Å²) in [5.41, 5.74) is 1.15. The predicted octanol–water partition coefficient (Wildman–Crippen LogP) is 3.96. The Morgan fingerprint density at radius 2 is 1.79 bits per heavy atom. The molecule has 4 heteroatoms. The fourth-order valence-corrected chi connectivity index (χ4v) is 1.98. The summed E-state index contributed by atoms with van der Waals surface area (Å²) in [7, 11) is 0. The number of hydrogen-bond acceptors (Lipinski definition) is 3. The average Bonchev–Trinajstić information content (AvgIpc) is 2.39. The number of carbonyl (C=O) groups is 1. The Morgan fingerprint density at radius 1 is 1.16 bits per heavy atom. The Bertz CT molecular complexity index is 578. The van der Waals surface area contributed by atoms with E-state index in [1.54, 1.807) is 13.0 Å². The zero-order chi connectivity index (χ0) is 13.8. The number of rotatable bonds is 3. The highest BCUT2D eigenvalue weighted by molar-refractivity contribution is 6.31. The van der Waals surface area contributed by atoms with Crippen LogP contribution in [0.25, 0.3) is 0 Å². The number of hydrogen-bond donors (Lipinski definition) is 1. The first-order valence-electron chi connectivity index (χ1n) is 5.82. The summed E-state index contributed by atoms with van der Waals surface area (Å²) in [6.45, 7) is 1.76. The molecule has 0 saturated carbocycles. The van der Waals surface area contributed by atoms with Crippen molar-refractivity contribution in [3.8, 4) is 5.75 Å². The van der Waals surface area contributed by atoms with Gasteiger partial charge in [-0.05, 0) is 37.3 Å². The highest BCUT2D eigenvalue weighted by atomic mass is 35.5. The summed E-state index contributed by atoms with van der Waals surface area (Å²) in [6.07, 6.45) is -0.435. The largest absolute Gasteiger partial charge is 0.508 e. The van der Waals surface area contributed by atoms with E-state index in [1.165, 1.54) is 24.3 Å². The van der Waals surface area contributed by atoms with Crippen LogP contribution in [-0.2, 0) is 4.74 Å². The number of benzene rings is 2. The molecule has 0 spiro atoms. The summed E-state index contributed by atoms with van der Waals surface area (Å²) >= 11 is 6.04. The molecule has 0 aliphatic heterocycles. The molecule has 0 aromatic heterocycles. The standard InChI is InChI=1S/C15H13ClO3/c1-10(13-4-2-3-5-14(13)16)19-15(18)11-6-8-12(17)9-7-11/h2-10,17H,1H3/t10-/m1/s1. The van der Waals surface area contributed by atoms with Gasteiger partial charge in [0.2, 0.25) is 0 Å². The summed E-state index contributed by atoms with van der Waals surface area (Å²) in [5.74, 6) is -0.344. The lowest BCUT2D eigenvalue weighted by Gasteiger charge is -2.14. The van der Waals surface area contributed by atoms with Gasteiger partial charge in [0, 0.05) is 10.6 Å². The normalized spacial score (nSPS) is 11.9. The van der Waals surface area contributed by atoms with Crippen LogP contribution >= 0.6 is 11.6 Å². The molecule has 2 rings (SSSR count). The quantitative estimate of drug-likeness (QED) is 0.863. The molecule has 0 heterocycles. The van der Waals surface area contributed by atoms with Gasteiger partial charge in [0.15, 0.2) is 0 Å². The highest BCUT2D eigenvalue weighted by Crippen LogP contribution is 2.26. The number of esters is 1. The van der Waals surface area contributed by atoms with Crippen LogP contribution in [0.1, 0.15) is 28.9 Å². The van der Waals surface area contributed by atoms with E-state index >= 15 is 0 Å². The van der Waals surface area contributed by atoms with Crippen molar-refractivity contribution < 1.29 is 14.6 Å². The third-order valence-electron chi connectivity index (χ3n) is 2.73. The van der Waals surface area contributed by atoms with Crippen molar-refractivity contribution in [2.75, 3.05) is 0 Å². The maximum Gasteiger partial charge on any atom is 0.338 e. The molecule has 2 aromatic rings. The second kappa shape index (κ2) is 5.76. The minimum absolute atomic E-state index is 0.107. The van der Waals surface area contributed by atoms with Crippen LogP contribution in [0.3, 0.4) is 0 Å². The fraction of sp³-hybridized carbons (Fsp3) is 0.133. The van der Waals surface area contributed by atoms with Crippen molar-refractivity contribution in [3.63, 3.8) is 0 Å². The lowest BCUT2D eigenvalue weighted by atomic mass is 10.1. The Kier molecular flexibility index (Phi) is 4.07. The van der Waals surface area contributed by atoms with Crippen molar-refractivity contribution in [2.45, 2.75) is 13.0 Å². The van der Waals surface area contributed by atoms with Crippen molar-refractivity contribution in [1.29, 1.82) is 0 Å². The van der Waals surface area contributed by atoms with E-state index in [-0.39, 0.29) is 5.75 Å². The average molecular weight is 277 g/mol. The molecule has 0 saturated heterocycles. The minimum atomic E-state index is -0.451. The van der Waals surface area contributed by atoms with Gasteiger partial charge in [-0.3, -0.25) is 0 Å². The van der Waals surface area contributed by atoms with Gasteiger partial charge in [0.1, 0.15) is 11.9 Å². The van der Waals surface area contributed by atoms with Gasteiger partial charge in [-0.1, -0.05) is 29.8 Å². The van der Waals surface area contributed by atoms with E-state index < -0.39 is 12.1 Å². The second-order valence-corrected chi connectivity index (χ2v) is 4.52. The van der Waals surface area contributed by atoms with Gasteiger partial charge >= 0.3 is 5.97 Å². The first kappa shape index (κ1) is 13.4. The third kappa shape index (κ3) is 3.26. The van der Waals surface area contributed by atoms with Gasteiger partial charge in [-0.25, -0.2) is 4.79 Å². The van der Waals surface area contributed by atoms with E-state index in [0.29, 0.717) is 10.6 Å². The van der Waals surface area contributed by atoms with Crippen molar-refractivity contribution in [2.24, 2.45) is 0 Å². The van der Waals surface area contributed by atoms with E-state index in [0.717, 1.165) is 5.56 Å². The number of ether oxygens (including phenoxy) is 1. The van der Waals surface area contributed by atoms with E-state index in [4.69, 9.17) is 21.4 Å². The predicted molar refractivity (Wildman–Crippen MR) is 73.4 cm³/mol. The Balaban J connectivity index is 2.11. The zero-order valence-corrected chi connectivity index (χ0v) is 11.1. The smallest absolute Gasteiger partial charge is 0.338 e. The molecule has 0 amide bonds. The molecule has 0 fully saturated rings. The minimum Gasteiger partial charge on any atom is -0.508 e. The molecule has 98 valence electrons. The van der Waals surface area contributed by atoms with E-state index in [1.807, 2.05) is 18.2 Å². The molecule has 1 atom stereocenters. The molecule has 0 aliphatic rings. The first-order valence-corrected chi connectivity index (χ1v) is 6.20. The second-order valence-electron chi connectivity index (χ2n) is 4.12. The molecular formula is C15H13ClO3. The Labute approximate surface area is 116 Å². The van der Waals surface area contributed by atoms with Gasteiger partial charge in [0.25, 0.3) is 0 Å². The summed E-state index contributed by atoms with van der Waals surface area (Å²) in [4.78, 5) is 11.9. The topological polar surface area (TPSA) is 46.5 Å². The number of carbonyl (C=O) groups excluding carboxylic acids is 1. The van der Waals surface area contributed by atoms with Crippen LogP contribution in [0.4, 0.5) is 0 Å². The molecule has 0 radical (unpaired) electrons. The summed E-state index contributed by atoms with van der Waals surface area (Å²) < 4.78 is 5.34. The van der Waals surface area contributed by atoms with Gasteiger partial charge in [0.05, 0.1) is 5.56 Å². The third-order valence-corrected chi connectivity index (χ3v) is 3.07. The molecule has 0 aliphatic carbocycles. The SMILES string of the molecule is C[C@@H](OC(=O)c1ccc(O)cc1)c1ccccc1Cl. The Morgan fingerprint density at radius 3 is 2.42 bits per heavy atom. The fourth-order valence-electron chi connectivity index (χ4n) is 1.69. The summed E-state index contributed by atoms with van der Waals surface area (Å²) in [5, 5.41) is 9.73. The molecular weight excluding hydrogens is 264 g/mol. The van der Waals surface area contributed by atoms with Crippen molar-refractivity contribution in [1.82, 2.24) is 0 Å². The van der Waals surface area contributed by atoms with Crippen molar-refractivity contribution in [3.05, 3.63) is 64.7 Å². The lowest BCUT2D eigenvalue weighted by molar-refractivity contribution is 0.0338. The molecule has 1 N–H and O–H groups in total. The number of phenols is 1. The monoisotopic (exact) mass is 276 g/mol. The van der Waals surface area contributed by atoms with Crippen LogP contribution in [0.2, 0.25) is 5.02 Å². The van der Waals surface area contributed by atoms with Crippen LogP contribution < -0.4 is 0 Å². The Hall–Kier alpha value is -2.00. The van der Waals surface area contributed by atoms with Crippen LogP contribution in [0.5, 0.6) is 5.75 Å². The molecule has 0 unspecified atom stereocenters. The summed E-state index contributed by atoms with van der Waals surface area (Å²) in [6, 6.07) is 13.1. The van der Waals surface area contributed by atoms with E-state index in [2.05, 4.69) is 0 Å². The van der Waals surface area contributed by atoms with E-state index in [9.17, 15) is 4.79 Å². The lowest BCUT2D eigenvalue weighted by Crippen LogP contribution is -2.09. The van der Waals surface area contributed by atoms with Gasteiger partial charge in [-0.15, -0.1) is 0 Å². The number of aromatic hydroxyl groups is 1. The van der Waals surface area contributed by atoms with Crippen LogP contribution in [0, 0.1) is 0 Å². The maximum atomic E-state index is 11.9. The molecule has 3 nitrogen and oxygen atoms in total. The van der Waals surface area contributed by atoms with Gasteiger partial charge < -0.3 is 9.84 Å². The highest BCUT2D eigenvalue weighted by Gasteiger charge is 2.15. The maximum absolute atomic E-state index is 11.9. The number of phenolic OH excluding ortho intramolecular Hbond substituents is 1. The van der Waals surface area contributed by atoms with Crippen LogP contribution in [-0.4, -0.2) is 11.1 Å². The molecule has 19 heavy (non-hydrogen) atoms. The molecule has 0 bridgehead atoms.